The Morgan fingerprint density at radius 2 is 1.74 bits per heavy atom. The van der Waals surface area contributed by atoms with Gasteiger partial charge in [-0.15, -0.1) is 0 Å². The van der Waals surface area contributed by atoms with Crippen molar-refractivity contribution in [2.45, 2.75) is 18.1 Å². The Morgan fingerprint density at radius 3 is 2.26 bits per heavy atom. The van der Waals surface area contributed by atoms with Gasteiger partial charge in [0.1, 0.15) is 5.70 Å². The fourth-order valence-corrected chi connectivity index (χ4v) is 4.01. The van der Waals surface area contributed by atoms with Crippen LogP contribution in [0.2, 0.25) is 5.02 Å². The summed E-state index contributed by atoms with van der Waals surface area (Å²) in [6.45, 7) is 0. The minimum absolute atomic E-state index is 0.0510. The van der Waals surface area contributed by atoms with Crippen LogP contribution in [0, 0.1) is 11.3 Å². The predicted octanol–water partition coefficient (Wildman–Crippen LogP) is 5.77. The van der Waals surface area contributed by atoms with Crippen LogP contribution in [0.5, 0.6) is 0 Å². The summed E-state index contributed by atoms with van der Waals surface area (Å²) in [4.78, 5) is 13.6. The highest BCUT2D eigenvalue weighted by molar-refractivity contribution is 9.11. The van der Waals surface area contributed by atoms with Crippen LogP contribution >= 0.6 is 27.5 Å². The van der Waals surface area contributed by atoms with Crippen LogP contribution in [0.4, 0.5) is 13.2 Å². The lowest BCUT2D eigenvalue weighted by Crippen LogP contribution is -2.47. The van der Waals surface area contributed by atoms with Gasteiger partial charge in [-0.3, -0.25) is 9.69 Å². The van der Waals surface area contributed by atoms with Crippen molar-refractivity contribution in [2.24, 2.45) is 0 Å². The predicted molar refractivity (Wildman–Crippen MR) is 98.0 cm³/mol. The Hall–Kier alpha value is -2.30. The number of nitrogens with zero attached hydrogens (tertiary/aromatic N) is 2. The first kappa shape index (κ1) is 19.5. The van der Waals surface area contributed by atoms with Crippen LogP contribution in [0.3, 0.4) is 0 Å². The first-order valence-corrected chi connectivity index (χ1v) is 8.90. The maximum atomic E-state index is 13.8. The van der Waals surface area contributed by atoms with E-state index < -0.39 is 23.3 Å². The molecule has 0 aliphatic carbocycles. The number of amides is 1. The third-order valence-corrected chi connectivity index (χ3v) is 5.18. The molecule has 0 N–H and O–H groups in total. The second kappa shape index (κ2) is 7.02. The number of hydrogen-bond acceptors (Lipinski definition) is 2. The van der Waals surface area contributed by atoms with Crippen molar-refractivity contribution in [1.29, 1.82) is 5.26 Å². The van der Waals surface area contributed by atoms with Gasteiger partial charge in [0, 0.05) is 21.5 Å². The number of halogens is 5. The Balaban J connectivity index is 2.23. The lowest BCUT2D eigenvalue weighted by atomic mass is 9.88. The highest BCUT2D eigenvalue weighted by Crippen LogP contribution is 2.51. The van der Waals surface area contributed by atoms with Crippen LogP contribution in [-0.2, 0) is 5.54 Å². The van der Waals surface area contributed by atoms with Gasteiger partial charge >= 0.3 is 6.18 Å². The molecule has 1 aliphatic heterocycles. The molecular weight excluding hydrogens is 445 g/mol. The van der Waals surface area contributed by atoms with Gasteiger partial charge in [-0.25, -0.2) is 0 Å². The van der Waals surface area contributed by atoms with Crippen molar-refractivity contribution in [1.82, 2.24) is 4.90 Å². The van der Waals surface area contributed by atoms with E-state index in [-0.39, 0.29) is 22.0 Å². The number of nitriles is 1. The number of carbonyl (C=O) groups excluding carboxylic acids is 1. The Labute approximate surface area is 166 Å². The van der Waals surface area contributed by atoms with E-state index in [2.05, 4.69) is 15.9 Å². The Kier molecular flexibility index (Phi) is 5.06. The minimum atomic E-state index is -4.83. The molecule has 0 spiro atoms. The monoisotopic (exact) mass is 454 g/mol. The van der Waals surface area contributed by atoms with Crippen molar-refractivity contribution >= 4 is 33.4 Å². The molecule has 1 amide bonds. The molecule has 0 fully saturated rings. The quantitative estimate of drug-likeness (QED) is 0.577. The SMILES string of the molecule is N#CC1(c2ccc(Cl)cc2)CC(Br)=C(C(F)(F)F)N1C(=O)c1ccccc1. The van der Waals surface area contributed by atoms with E-state index >= 15 is 0 Å². The van der Waals surface area contributed by atoms with Gasteiger partial charge in [0.05, 0.1) is 6.07 Å². The van der Waals surface area contributed by atoms with Crippen LogP contribution in [0.25, 0.3) is 0 Å². The fourth-order valence-electron chi connectivity index (χ4n) is 3.08. The van der Waals surface area contributed by atoms with E-state index in [9.17, 15) is 23.2 Å². The third kappa shape index (κ3) is 3.35. The molecule has 3 rings (SSSR count). The number of rotatable bonds is 2. The van der Waals surface area contributed by atoms with E-state index in [1.807, 2.05) is 6.07 Å². The molecule has 0 radical (unpaired) electrons. The van der Waals surface area contributed by atoms with Crippen molar-refractivity contribution in [3.8, 4) is 6.07 Å². The maximum Gasteiger partial charge on any atom is 0.432 e. The van der Waals surface area contributed by atoms with E-state index in [4.69, 9.17) is 11.6 Å². The fraction of sp³-hybridized carbons (Fsp3) is 0.158. The summed E-state index contributed by atoms with van der Waals surface area (Å²) in [5, 5.41) is 10.3. The smallest absolute Gasteiger partial charge is 0.279 e. The molecule has 27 heavy (non-hydrogen) atoms. The first-order valence-electron chi connectivity index (χ1n) is 7.73. The third-order valence-electron chi connectivity index (χ3n) is 4.27. The molecule has 1 heterocycles. The van der Waals surface area contributed by atoms with Crippen LogP contribution < -0.4 is 0 Å². The summed E-state index contributed by atoms with van der Waals surface area (Å²) in [6.07, 6.45) is -5.15. The van der Waals surface area contributed by atoms with E-state index in [1.165, 1.54) is 36.4 Å². The molecule has 1 atom stereocenters. The minimum Gasteiger partial charge on any atom is -0.279 e. The summed E-state index contributed by atoms with van der Waals surface area (Å²) >= 11 is 8.81. The van der Waals surface area contributed by atoms with Crippen molar-refractivity contribution in [3.05, 3.63) is 80.9 Å². The van der Waals surface area contributed by atoms with Gasteiger partial charge in [0.15, 0.2) is 5.54 Å². The summed E-state index contributed by atoms with van der Waals surface area (Å²) < 4.78 is 41.1. The number of benzene rings is 2. The average molecular weight is 456 g/mol. The number of allylic oxidation sites excluding steroid dienone is 1. The summed E-state index contributed by atoms with van der Waals surface area (Å²) in [5.74, 6) is -0.908. The van der Waals surface area contributed by atoms with Crippen LogP contribution in [0.1, 0.15) is 22.3 Å². The second-order valence-corrected chi connectivity index (χ2v) is 7.31. The lowest BCUT2D eigenvalue weighted by Gasteiger charge is -2.35. The zero-order valence-electron chi connectivity index (χ0n) is 13.6. The molecule has 8 heteroatoms. The van der Waals surface area contributed by atoms with E-state index in [1.54, 1.807) is 18.2 Å². The summed E-state index contributed by atoms with van der Waals surface area (Å²) in [6, 6.07) is 15.4. The molecule has 1 aliphatic rings. The number of hydrogen-bond donors (Lipinski definition) is 0. The zero-order valence-corrected chi connectivity index (χ0v) is 15.9. The Morgan fingerprint density at radius 1 is 1.15 bits per heavy atom. The van der Waals surface area contributed by atoms with E-state index in [0.717, 1.165) is 0 Å². The largest absolute Gasteiger partial charge is 0.432 e. The summed E-state index contributed by atoms with van der Waals surface area (Å²) in [7, 11) is 0. The van der Waals surface area contributed by atoms with Crippen LogP contribution in [-0.4, -0.2) is 17.0 Å². The highest BCUT2D eigenvalue weighted by atomic mass is 79.9. The molecular formula is C19H11BrClF3N2O. The van der Waals surface area contributed by atoms with Gasteiger partial charge in [0.2, 0.25) is 0 Å². The summed E-state index contributed by atoms with van der Waals surface area (Å²) in [5.41, 5.74) is -2.72. The van der Waals surface area contributed by atoms with Crippen molar-refractivity contribution in [2.75, 3.05) is 0 Å². The first-order chi connectivity index (χ1) is 12.7. The zero-order chi connectivity index (χ0) is 19.8. The van der Waals surface area contributed by atoms with Gasteiger partial charge in [0.25, 0.3) is 5.91 Å². The molecule has 138 valence electrons. The number of carbonyl (C=O) groups is 1. The van der Waals surface area contributed by atoms with Crippen molar-refractivity contribution in [3.63, 3.8) is 0 Å². The Bertz CT molecular complexity index is 952. The van der Waals surface area contributed by atoms with E-state index in [0.29, 0.717) is 9.92 Å². The highest BCUT2D eigenvalue weighted by Gasteiger charge is 2.57. The molecule has 0 saturated heterocycles. The standard InChI is InChI=1S/C19H11BrClF3N2O/c20-15-10-18(11-25,13-6-8-14(21)9-7-13)26(16(15)19(22,23)24)17(27)12-4-2-1-3-5-12/h1-9H,10H2. The average Bonchev–Trinajstić information content (AvgIpc) is 2.96. The maximum absolute atomic E-state index is 13.8. The molecule has 0 aromatic heterocycles. The topological polar surface area (TPSA) is 44.1 Å². The van der Waals surface area contributed by atoms with Gasteiger partial charge in [-0.1, -0.05) is 57.9 Å². The normalized spacial score (nSPS) is 19.9. The second-order valence-electron chi connectivity index (χ2n) is 5.91. The molecule has 2 aromatic carbocycles. The lowest BCUT2D eigenvalue weighted by molar-refractivity contribution is -0.110. The molecule has 1 unspecified atom stereocenters. The molecule has 0 saturated carbocycles. The molecule has 2 aromatic rings. The van der Waals surface area contributed by atoms with Crippen LogP contribution in [0.15, 0.2) is 64.8 Å². The molecule has 3 nitrogen and oxygen atoms in total. The number of alkyl halides is 3. The van der Waals surface area contributed by atoms with Gasteiger partial charge < -0.3 is 0 Å². The van der Waals surface area contributed by atoms with Gasteiger partial charge in [-0.05, 0) is 29.8 Å². The van der Waals surface area contributed by atoms with Gasteiger partial charge in [-0.2, -0.15) is 18.4 Å². The van der Waals surface area contributed by atoms with Crippen molar-refractivity contribution < 1.29 is 18.0 Å². The molecule has 0 bridgehead atoms.